The number of imidazole rings is 1. The Kier molecular flexibility index (Phi) is 4.70. The zero-order valence-corrected chi connectivity index (χ0v) is 17.0. The number of hydrogen-bond acceptors (Lipinski definition) is 6. The summed E-state index contributed by atoms with van der Waals surface area (Å²) in [5.41, 5.74) is 0.387. The molecule has 0 saturated carbocycles. The summed E-state index contributed by atoms with van der Waals surface area (Å²) in [6, 6.07) is 10.1. The largest absolute Gasteiger partial charge is 0.503 e. The highest BCUT2D eigenvalue weighted by Gasteiger charge is 2.46. The number of benzene rings is 2. The van der Waals surface area contributed by atoms with Crippen LogP contribution >= 0.6 is 0 Å². The number of nitrogens with one attached hydrogen (secondary N) is 1. The molecule has 5 rings (SSSR count). The van der Waals surface area contributed by atoms with Gasteiger partial charge < -0.3 is 19.2 Å². The quantitative estimate of drug-likeness (QED) is 0.440. The molecule has 2 N–H and O–H groups in total. The molecule has 1 aliphatic rings. The number of halogens is 2. The third kappa shape index (κ3) is 3.23. The summed E-state index contributed by atoms with van der Waals surface area (Å²) in [4.78, 5) is 34.3. The van der Waals surface area contributed by atoms with Gasteiger partial charge in [0.05, 0.1) is 36.0 Å². The number of ether oxygens (including phenoxy) is 1. The van der Waals surface area contributed by atoms with E-state index in [0.717, 1.165) is 17.0 Å². The van der Waals surface area contributed by atoms with Gasteiger partial charge in [0.25, 0.3) is 5.91 Å². The minimum Gasteiger partial charge on any atom is -0.503 e. The molecule has 8 nitrogen and oxygen atoms in total. The first-order valence-electron chi connectivity index (χ1n) is 9.72. The lowest BCUT2D eigenvalue weighted by Crippen LogP contribution is -2.32. The number of aromatic nitrogens is 2. The van der Waals surface area contributed by atoms with E-state index in [0.29, 0.717) is 11.3 Å². The van der Waals surface area contributed by atoms with E-state index in [4.69, 9.17) is 9.15 Å². The molecule has 10 heteroatoms. The minimum absolute atomic E-state index is 0.0615. The Balaban J connectivity index is 1.70. The molecule has 0 radical (unpaired) electrons. The third-order valence-electron chi connectivity index (χ3n) is 5.35. The summed E-state index contributed by atoms with van der Waals surface area (Å²) < 4.78 is 37.8. The predicted molar refractivity (Wildman–Crippen MR) is 112 cm³/mol. The lowest BCUT2D eigenvalue weighted by Gasteiger charge is -2.24. The first-order chi connectivity index (χ1) is 15.9. The van der Waals surface area contributed by atoms with Gasteiger partial charge in [-0.05, 0) is 29.8 Å². The summed E-state index contributed by atoms with van der Waals surface area (Å²) in [6.45, 7) is 0. The molecule has 1 unspecified atom stereocenters. The highest BCUT2D eigenvalue weighted by Crippen LogP contribution is 2.42. The summed E-state index contributed by atoms with van der Waals surface area (Å²) in [6.07, 6.45) is 1.29. The monoisotopic (exact) mass is 451 g/mol. The van der Waals surface area contributed by atoms with E-state index >= 15 is 0 Å². The molecule has 0 spiro atoms. The van der Waals surface area contributed by atoms with Gasteiger partial charge in [-0.3, -0.25) is 14.5 Å². The van der Waals surface area contributed by atoms with Gasteiger partial charge in [0, 0.05) is 12.1 Å². The number of carbonyl (C=O) groups excluding carboxylic acids is 2. The zero-order chi connectivity index (χ0) is 23.3. The van der Waals surface area contributed by atoms with Gasteiger partial charge in [-0.1, -0.05) is 12.1 Å². The van der Waals surface area contributed by atoms with E-state index in [1.165, 1.54) is 25.5 Å². The van der Waals surface area contributed by atoms with Gasteiger partial charge in [-0.2, -0.15) is 0 Å². The summed E-state index contributed by atoms with van der Waals surface area (Å²) in [7, 11) is 1.46. The standard InChI is InChI=1S/C23H15F2N3O5/c1-32-12-5-2-4-11(8-12)19-18(20(29)17-6-3-7-33-17)21(30)22(31)28(19)23-26-15-9-13(24)14(25)10-16(15)27-23/h2-10,19,30H,1H3,(H,26,27). The molecule has 4 aromatic rings. The molecule has 0 aliphatic carbocycles. The minimum atomic E-state index is -1.12. The number of nitrogens with zero attached hydrogens (tertiary/aromatic N) is 2. The highest BCUT2D eigenvalue weighted by molar-refractivity contribution is 6.20. The number of H-pyrrole nitrogens is 1. The van der Waals surface area contributed by atoms with E-state index in [1.807, 2.05) is 0 Å². The van der Waals surface area contributed by atoms with Crippen LogP contribution in [0.5, 0.6) is 5.75 Å². The molecular formula is C23H15F2N3O5. The molecule has 166 valence electrons. The number of aliphatic hydroxyl groups is 1. The molecule has 1 atom stereocenters. The number of ketones is 1. The van der Waals surface area contributed by atoms with Crippen LogP contribution in [0.2, 0.25) is 0 Å². The second kappa shape index (κ2) is 7.59. The van der Waals surface area contributed by atoms with Crippen molar-refractivity contribution < 1.29 is 32.6 Å². The molecule has 1 amide bonds. The third-order valence-corrected chi connectivity index (χ3v) is 5.35. The Morgan fingerprint density at radius 3 is 2.70 bits per heavy atom. The maximum atomic E-state index is 13.7. The van der Waals surface area contributed by atoms with Crippen molar-refractivity contribution in [2.45, 2.75) is 6.04 Å². The number of carbonyl (C=O) groups is 2. The van der Waals surface area contributed by atoms with E-state index in [2.05, 4.69) is 9.97 Å². The normalized spacial score (nSPS) is 16.2. The van der Waals surface area contributed by atoms with Gasteiger partial charge in [-0.25, -0.2) is 13.8 Å². The fourth-order valence-electron chi connectivity index (χ4n) is 3.83. The first kappa shape index (κ1) is 20.4. The maximum absolute atomic E-state index is 13.7. The van der Waals surface area contributed by atoms with Crippen molar-refractivity contribution in [3.8, 4) is 5.75 Å². The Morgan fingerprint density at radius 2 is 1.97 bits per heavy atom. The van der Waals surface area contributed by atoms with Crippen molar-refractivity contribution in [3.05, 3.63) is 89.1 Å². The van der Waals surface area contributed by atoms with Crippen LogP contribution in [0, 0.1) is 11.6 Å². The molecule has 2 aromatic carbocycles. The average Bonchev–Trinajstić information content (AvgIpc) is 3.53. The van der Waals surface area contributed by atoms with Crippen molar-refractivity contribution in [1.29, 1.82) is 0 Å². The van der Waals surface area contributed by atoms with Crippen LogP contribution in [-0.4, -0.2) is 33.9 Å². The first-order valence-corrected chi connectivity index (χ1v) is 9.72. The number of methoxy groups -OCH3 is 1. The van der Waals surface area contributed by atoms with Gasteiger partial charge in [-0.15, -0.1) is 0 Å². The molecule has 0 saturated heterocycles. The van der Waals surface area contributed by atoms with Crippen LogP contribution in [0.3, 0.4) is 0 Å². The number of anilines is 1. The Morgan fingerprint density at radius 1 is 1.18 bits per heavy atom. The van der Waals surface area contributed by atoms with Gasteiger partial charge in [0.1, 0.15) is 5.75 Å². The average molecular weight is 451 g/mol. The zero-order valence-electron chi connectivity index (χ0n) is 17.0. The number of Topliss-reactive ketones (excluding diaryl/α,β-unsaturated/α-hetero) is 1. The lowest BCUT2D eigenvalue weighted by atomic mass is 9.95. The summed E-state index contributed by atoms with van der Waals surface area (Å²) in [5, 5.41) is 10.7. The van der Waals surface area contributed by atoms with Crippen LogP contribution < -0.4 is 9.64 Å². The number of amides is 1. The molecular weight excluding hydrogens is 436 g/mol. The molecule has 3 heterocycles. The van der Waals surface area contributed by atoms with E-state index < -0.39 is 35.1 Å². The Hall–Kier alpha value is -4.47. The maximum Gasteiger partial charge on any atom is 0.296 e. The Bertz CT molecular complexity index is 1400. The second-order valence-electron chi connectivity index (χ2n) is 7.27. The number of hydrogen-bond donors (Lipinski definition) is 2. The molecule has 0 bridgehead atoms. The predicted octanol–water partition coefficient (Wildman–Crippen LogP) is 4.23. The van der Waals surface area contributed by atoms with Gasteiger partial charge in [0.15, 0.2) is 23.2 Å². The van der Waals surface area contributed by atoms with Crippen molar-refractivity contribution in [1.82, 2.24) is 9.97 Å². The van der Waals surface area contributed by atoms with Crippen LogP contribution in [0.4, 0.5) is 14.7 Å². The topological polar surface area (TPSA) is 109 Å². The number of furan rings is 1. The van der Waals surface area contributed by atoms with Gasteiger partial charge in [0.2, 0.25) is 11.7 Å². The molecule has 0 fully saturated rings. The number of rotatable bonds is 5. The van der Waals surface area contributed by atoms with Crippen molar-refractivity contribution in [3.63, 3.8) is 0 Å². The second-order valence-corrected chi connectivity index (χ2v) is 7.27. The van der Waals surface area contributed by atoms with Crippen LogP contribution in [0.1, 0.15) is 22.2 Å². The summed E-state index contributed by atoms with van der Waals surface area (Å²) in [5.74, 6) is -4.34. The SMILES string of the molecule is COc1cccc(C2C(C(=O)c3ccco3)=C(O)C(=O)N2c2nc3cc(F)c(F)cc3[nH]2)c1. The van der Waals surface area contributed by atoms with Crippen LogP contribution in [-0.2, 0) is 4.79 Å². The molecule has 33 heavy (non-hydrogen) atoms. The number of aliphatic hydroxyl groups excluding tert-OH is 1. The fraction of sp³-hybridized carbons (Fsp3) is 0.0870. The van der Waals surface area contributed by atoms with E-state index in [-0.39, 0.29) is 28.3 Å². The lowest BCUT2D eigenvalue weighted by molar-refractivity contribution is -0.117. The molecule has 2 aromatic heterocycles. The van der Waals surface area contributed by atoms with Crippen molar-refractivity contribution in [2.75, 3.05) is 12.0 Å². The number of aromatic amines is 1. The van der Waals surface area contributed by atoms with Crippen LogP contribution in [0.25, 0.3) is 11.0 Å². The van der Waals surface area contributed by atoms with Crippen molar-refractivity contribution >= 4 is 28.7 Å². The Labute approximate surface area is 184 Å². The smallest absolute Gasteiger partial charge is 0.296 e. The number of fused-ring (bicyclic) bond motifs is 1. The van der Waals surface area contributed by atoms with E-state index in [9.17, 15) is 23.5 Å². The van der Waals surface area contributed by atoms with Gasteiger partial charge >= 0.3 is 0 Å². The van der Waals surface area contributed by atoms with E-state index in [1.54, 1.807) is 24.3 Å². The van der Waals surface area contributed by atoms with Crippen LogP contribution in [0.15, 0.2) is 70.5 Å². The fourth-order valence-corrected chi connectivity index (χ4v) is 3.83. The molecule has 1 aliphatic heterocycles. The van der Waals surface area contributed by atoms with Crippen molar-refractivity contribution in [2.24, 2.45) is 0 Å². The summed E-state index contributed by atoms with van der Waals surface area (Å²) >= 11 is 0. The highest BCUT2D eigenvalue weighted by atomic mass is 19.2.